The van der Waals surface area contributed by atoms with Crippen LogP contribution in [-0.4, -0.2) is 54.6 Å². The number of hydrogen-bond donors (Lipinski definition) is 1. The summed E-state index contributed by atoms with van der Waals surface area (Å²) in [4.78, 5) is 2.20. The minimum Gasteiger partial charge on any atom is -0.398 e. The summed E-state index contributed by atoms with van der Waals surface area (Å²) in [5.41, 5.74) is -0.716. The van der Waals surface area contributed by atoms with E-state index in [1.807, 2.05) is 27.7 Å². The van der Waals surface area contributed by atoms with Crippen LogP contribution in [0.2, 0.25) is 0 Å². The Balaban J connectivity index is 2.01. The largest absolute Gasteiger partial charge is 0.525 e. The molecule has 2 aliphatic rings. The quantitative estimate of drug-likeness (QED) is 0.810. The van der Waals surface area contributed by atoms with Gasteiger partial charge in [0.2, 0.25) is 0 Å². The van der Waals surface area contributed by atoms with Crippen LogP contribution in [-0.2, 0) is 9.31 Å². The van der Waals surface area contributed by atoms with Gasteiger partial charge in [0.15, 0.2) is 0 Å². The standard InChI is InChI=1S/C16H29BFNO3/c1-12(9-19-8-6-7-13(10-19)11-20)14(18)17-21-15(2,3)16(4,5)22-17/h13,20H,6-11H2,1-5H3. The summed E-state index contributed by atoms with van der Waals surface area (Å²) in [6.07, 6.45) is 2.10. The molecule has 6 heteroatoms. The highest BCUT2D eigenvalue weighted by atomic mass is 19.1. The van der Waals surface area contributed by atoms with Crippen molar-refractivity contribution in [3.8, 4) is 0 Å². The highest BCUT2D eigenvalue weighted by Gasteiger charge is 2.53. The lowest BCUT2D eigenvalue weighted by Crippen LogP contribution is -2.41. The first kappa shape index (κ1) is 17.9. The SMILES string of the molecule is CC(CN1CCCC(CO)C1)=C(F)B1OC(C)(C)C(C)(C)O1. The Morgan fingerprint density at radius 1 is 1.27 bits per heavy atom. The van der Waals surface area contributed by atoms with Crippen molar-refractivity contribution in [3.05, 3.63) is 11.3 Å². The zero-order valence-electron chi connectivity index (χ0n) is 14.5. The highest BCUT2D eigenvalue weighted by molar-refractivity contribution is 6.53. The molecular weight excluding hydrogens is 284 g/mol. The molecule has 0 radical (unpaired) electrons. The third-order valence-corrected chi connectivity index (χ3v) is 5.19. The number of aliphatic hydroxyl groups is 1. The molecule has 2 fully saturated rings. The topological polar surface area (TPSA) is 41.9 Å². The Bertz CT molecular complexity index is 423. The molecule has 1 atom stereocenters. The Morgan fingerprint density at radius 3 is 2.41 bits per heavy atom. The fourth-order valence-corrected chi connectivity index (χ4v) is 3.00. The van der Waals surface area contributed by atoms with Gasteiger partial charge in [-0.1, -0.05) is 0 Å². The molecule has 0 spiro atoms. The summed E-state index contributed by atoms with van der Waals surface area (Å²) < 4.78 is 26.2. The van der Waals surface area contributed by atoms with E-state index in [1.54, 1.807) is 6.92 Å². The molecule has 2 heterocycles. The molecule has 0 saturated carbocycles. The number of rotatable bonds is 4. The monoisotopic (exact) mass is 313 g/mol. The van der Waals surface area contributed by atoms with Crippen molar-refractivity contribution in [3.63, 3.8) is 0 Å². The minimum absolute atomic E-state index is 0.207. The summed E-state index contributed by atoms with van der Waals surface area (Å²) in [6, 6.07) is 0. The van der Waals surface area contributed by atoms with Crippen molar-refractivity contribution in [2.45, 2.75) is 58.7 Å². The molecule has 0 aliphatic carbocycles. The third-order valence-electron chi connectivity index (χ3n) is 5.19. The van der Waals surface area contributed by atoms with E-state index in [2.05, 4.69) is 4.90 Å². The first-order valence-electron chi connectivity index (χ1n) is 8.20. The lowest BCUT2D eigenvalue weighted by atomic mass is 9.84. The average molecular weight is 313 g/mol. The van der Waals surface area contributed by atoms with Crippen molar-refractivity contribution in [1.82, 2.24) is 4.90 Å². The molecule has 0 aromatic heterocycles. The average Bonchev–Trinajstić information content (AvgIpc) is 2.66. The van der Waals surface area contributed by atoms with Crippen LogP contribution in [0.1, 0.15) is 47.5 Å². The maximum Gasteiger partial charge on any atom is 0.525 e. The molecule has 1 N–H and O–H groups in total. The van der Waals surface area contributed by atoms with E-state index in [0.717, 1.165) is 25.9 Å². The molecule has 2 rings (SSSR count). The van der Waals surface area contributed by atoms with Crippen molar-refractivity contribution in [2.24, 2.45) is 5.92 Å². The number of piperidine rings is 1. The normalized spacial score (nSPS) is 29.6. The maximum atomic E-state index is 14.7. The van der Waals surface area contributed by atoms with Gasteiger partial charge in [0.05, 0.1) is 11.2 Å². The first-order valence-corrected chi connectivity index (χ1v) is 8.20. The molecule has 4 nitrogen and oxygen atoms in total. The fraction of sp³-hybridized carbons (Fsp3) is 0.875. The van der Waals surface area contributed by atoms with Crippen LogP contribution in [0.25, 0.3) is 0 Å². The van der Waals surface area contributed by atoms with Crippen LogP contribution >= 0.6 is 0 Å². The van der Waals surface area contributed by atoms with Gasteiger partial charge in [-0.2, -0.15) is 0 Å². The summed E-state index contributed by atoms with van der Waals surface area (Å²) in [6.45, 7) is 12.0. The molecule has 0 aromatic carbocycles. The zero-order chi connectivity index (χ0) is 16.5. The molecule has 2 aliphatic heterocycles. The summed E-state index contributed by atoms with van der Waals surface area (Å²) in [5, 5.41) is 9.29. The molecule has 0 aromatic rings. The highest BCUT2D eigenvalue weighted by Crippen LogP contribution is 2.39. The Hall–Kier alpha value is -0.425. The van der Waals surface area contributed by atoms with Gasteiger partial charge in [-0.3, -0.25) is 4.90 Å². The van der Waals surface area contributed by atoms with Crippen molar-refractivity contribution in [1.29, 1.82) is 0 Å². The van der Waals surface area contributed by atoms with Gasteiger partial charge in [-0.15, -0.1) is 0 Å². The van der Waals surface area contributed by atoms with Crippen LogP contribution in [0, 0.1) is 5.92 Å². The summed E-state index contributed by atoms with van der Waals surface area (Å²) in [7, 11) is -0.913. The summed E-state index contributed by atoms with van der Waals surface area (Å²) >= 11 is 0. The van der Waals surface area contributed by atoms with Gasteiger partial charge < -0.3 is 14.4 Å². The third kappa shape index (κ3) is 3.73. The molecule has 126 valence electrons. The molecule has 2 saturated heterocycles. The zero-order valence-corrected chi connectivity index (χ0v) is 14.5. The van der Waals surface area contributed by atoms with Crippen LogP contribution in [0.15, 0.2) is 11.3 Å². The Morgan fingerprint density at radius 2 is 1.86 bits per heavy atom. The first-order chi connectivity index (χ1) is 10.2. The second-order valence-electron chi connectivity index (χ2n) is 7.64. The van der Waals surface area contributed by atoms with Crippen LogP contribution in [0.4, 0.5) is 4.39 Å². The Kier molecular flexibility index (Phi) is 5.37. The number of aliphatic hydroxyl groups excluding tert-OH is 1. The number of likely N-dealkylation sites (tertiary alicyclic amines) is 1. The second kappa shape index (κ2) is 6.60. The van der Waals surface area contributed by atoms with Crippen LogP contribution < -0.4 is 0 Å². The van der Waals surface area contributed by atoms with Crippen molar-refractivity contribution in [2.75, 3.05) is 26.2 Å². The minimum atomic E-state index is -0.913. The van der Waals surface area contributed by atoms with Gasteiger partial charge in [0.25, 0.3) is 0 Å². The smallest absolute Gasteiger partial charge is 0.398 e. The van der Waals surface area contributed by atoms with Crippen molar-refractivity contribution >= 4 is 7.12 Å². The lowest BCUT2D eigenvalue weighted by molar-refractivity contribution is 0.00578. The predicted molar refractivity (Wildman–Crippen MR) is 86.1 cm³/mol. The predicted octanol–water partition coefficient (Wildman–Crippen LogP) is 2.57. The Labute approximate surface area is 133 Å². The van der Waals surface area contributed by atoms with E-state index in [0.29, 0.717) is 18.0 Å². The van der Waals surface area contributed by atoms with Gasteiger partial charge in [-0.25, -0.2) is 4.39 Å². The maximum absolute atomic E-state index is 14.7. The van der Waals surface area contributed by atoms with E-state index in [1.165, 1.54) is 0 Å². The second-order valence-corrected chi connectivity index (χ2v) is 7.64. The lowest BCUT2D eigenvalue weighted by Gasteiger charge is -2.32. The molecule has 0 bridgehead atoms. The van der Waals surface area contributed by atoms with E-state index in [9.17, 15) is 9.50 Å². The van der Waals surface area contributed by atoms with Crippen LogP contribution in [0.3, 0.4) is 0 Å². The number of hydrogen-bond acceptors (Lipinski definition) is 4. The number of halogens is 1. The molecular formula is C16H29BFNO3. The molecule has 0 amide bonds. The fourth-order valence-electron chi connectivity index (χ4n) is 3.00. The summed E-state index contributed by atoms with van der Waals surface area (Å²) in [5.74, 6) is 0.307. The van der Waals surface area contributed by atoms with E-state index >= 15 is 0 Å². The van der Waals surface area contributed by atoms with Gasteiger partial charge in [0.1, 0.15) is 5.73 Å². The van der Waals surface area contributed by atoms with E-state index in [4.69, 9.17) is 9.31 Å². The van der Waals surface area contributed by atoms with Gasteiger partial charge >= 0.3 is 7.12 Å². The van der Waals surface area contributed by atoms with Crippen molar-refractivity contribution < 1.29 is 18.8 Å². The van der Waals surface area contributed by atoms with E-state index < -0.39 is 18.3 Å². The van der Waals surface area contributed by atoms with E-state index in [-0.39, 0.29) is 12.3 Å². The molecule has 1 unspecified atom stereocenters. The number of nitrogens with zero attached hydrogens (tertiary/aromatic N) is 1. The van der Waals surface area contributed by atoms with Gasteiger partial charge in [0, 0.05) is 19.7 Å². The van der Waals surface area contributed by atoms with Crippen LogP contribution in [0.5, 0.6) is 0 Å². The molecule has 22 heavy (non-hydrogen) atoms. The van der Waals surface area contributed by atoms with Gasteiger partial charge in [-0.05, 0) is 65.5 Å².